The third-order valence-electron chi connectivity index (χ3n) is 4.19. The van der Waals surface area contributed by atoms with Crippen LogP contribution < -0.4 is 5.32 Å². The predicted octanol–water partition coefficient (Wildman–Crippen LogP) is 2.26. The molecule has 2 aromatic rings. The lowest BCUT2D eigenvalue weighted by Gasteiger charge is -2.17. The first kappa shape index (κ1) is 14.3. The van der Waals surface area contributed by atoms with Crippen molar-refractivity contribution in [3.05, 3.63) is 59.2 Å². The molecule has 0 fully saturated rings. The van der Waals surface area contributed by atoms with E-state index in [1.54, 1.807) is 0 Å². The van der Waals surface area contributed by atoms with Crippen LogP contribution in [0.2, 0.25) is 0 Å². The monoisotopic (exact) mass is 283 g/mol. The van der Waals surface area contributed by atoms with Crippen LogP contribution in [0.3, 0.4) is 0 Å². The van der Waals surface area contributed by atoms with Gasteiger partial charge in [0.1, 0.15) is 0 Å². The molecule has 0 aliphatic heterocycles. The van der Waals surface area contributed by atoms with E-state index < -0.39 is 6.10 Å². The van der Waals surface area contributed by atoms with Crippen LogP contribution >= 0.6 is 0 Å². The van der Waals surface area contributed by atoms with E-state index in [-0.39, 0.29) is 12.6 Å². The van der Waals surface area contributed by atoms with Gasteiger partial charge < -0.3 is 15.5 Å². The number of rotatable bonds is 5. The van der Waals surface area contributed by atoms with Gasteiger partial charge in [-0.05, 0) is 41.2 Å². The fourth-order valence-corrected chi connectivity index (χ4v) is 2.93. The summed E-state index contributed by atoms with van der Waals surface area (Å²) in [6, 6.07) is 15.3. The molecule has 21 heavy (non-hydrogen) atoms. The molecule has 1 aliphatic rings. The first-order valence-corrected chi connectivity index (χ1v) is 7.42. The lowest BCUT2D eigenvalue weighted by atomic mass is 10.0. The second-order valence-corrected chi connectivity index (χ2v) is 5.72. The number of fused-ring (bicyclic) bond motifs is 3. The molecule has 3 rings (SSSR count). The van der Waals surface area contributed by atoms with Crippen molar-refractivity contribution in [1.29, 1.82) is 0 Å². The maximum atomic E-state index is 9.41. The number of hydrogen-bond donors (Lipinski definition) is 3. The molecule has 0 bridgehead atoms. The first-order chi connectivity index (χ1) is 10.2. The van der Waals surface area contributed by atoms with Crippen LogP contribution in [0.1, 0.15) is 29.7 Å². The molecule has 1 aliphatic carbocycles. The fraction of sp³-hybridized carbons (Fsp3) is 0.333. The number of benzene rings is 2. The van der Waals surface area contributed by atoms with Crippen LogP contribution in [-0.2, 0) is 6.42 Å². The van der Waals surface area contributed by atoms with Gasteiger partial charge in [0.15, 0.2) is 0 Å². The van der Waals surface area contributed by atoms with Gasteiger partial charge in [0.2, 0.25) is 0 Å². The van der Waals surface area contributed by atoms with Crippen molar-refractivity contribution in [2.75, 3.05) is 13.2 Å². The summed E-state index contributed by atoms with van der Waals surface area (Å²) >= 11 is 0. The third-order valence-corrected chi connectivity index (χ3v) is 4.19. The number of hydrogen-bond acceptors (Lipinski definition) is 3. The Hall–Kier alpha value is -1.68. The molecular formula is C18H21NO2. The average molecular weight is 283 g/mol. The van der Waals surface area contributed by atoms with Crippen LogP contribution in [0.15, 0.2) is 42.5 Å². The lowest BCUT2D eigenvalue weighted by Crippen LogP contribution is -2.31. The molecule has 0 aromatic heterocycles. The Bertz CT molecular complexity index is 639. The van der Waals surface area contributed by atoms with Crippen molar-refractivity contribution < 1.29 is 10.2 Å². The van der Waals surface area contributed by atoms with Gasteiger partial charge in [-0.2, -0.15) is 0 Å². The average Bonchev–Trinajstić information content (AvgIpc) is 2.89. The highest BCUT2D eigenvalue weighted by Gasteiger charge is 2.19. The molecule has 0 saturated heterocycles. The van der Waals surface area contributed by atoms with E-state index in [4.69, 9.17) is 5.11 Å². The highest BCUT2D eigenvalue weighted by molar-refractivity contribution is 5.76. The zero-order chi connectivity index (χ0) is 14.8. The van der Waals surface area contributed by atoms with Crippen molar-refractivity contribution >= 4 is 0 Å². The van der Waals surface area contributed by atoms with Crippen molar-refractivity contribution in [1.82, 2.24) is 5.32 Å². The topological polar surface area (TPSA) is 52.5 Å². The van der Waals surface area contributed by atoms with E-state index in [1.807, 2.05) is 0 Å². The summed E-state index contributed by atoms with van der Waals surface area (Å²) < 4.78 is 0. The van der Waals surface area contributed by atoms with Crippen molar-refractivity contribution in [3.63, 3.8) is 0 Å². The Kier molecular flexibility index (Phi) is 4.06. The van der Waals surface area contributed by atoms with Gasteiger partial charge in [0.25, 0.3) is 0 Å². The standard InChI is InChI=1S/C18H21NO2/c1-12(19-10-16(21)11-20)13-6-7-18-15(8-13)9-14-4-2-3-5-17(14)18/h2-8,12,16,19-21H,9-11H2,1H3. The number of aliphatic hydroxyl groups is 2. The zero-order valence-electron chi connectivity index (χ0n) is 12.2. The molecule has 3 nitrogen and oxygen atoms in total. The molecular weight excluding hydrogens is 262 g/mol. The largest absolute Gasteiger partial charge is 0.394 e. The highest BCUT2D eigenvalue weighted by Crippen LogP contribution is 2.37. The summed E-state index contributed by atoms with van der Waals surface area (Å²) in [6.07, 6.45) is 0.289. The van der Waals surface area contributed by atoms with Crippen LogP contribution in [0.4, 0.5) is 0 Å². The Morgan fingerprint density at radius 1 is 1.10 bits per heavy atom. The van der Waals surface area contributed by atoms with Crippen LogP contribution in [0, 0.1) is 0 Å². The number of aliphatic hydroxyl groups excluding tert-OH is 2. The fourth-order valence-electron chi connectivity index (χ4n) is 2.93. The molecule has 0 saturated carbocycles. The summed E-state index contributed by atoms with van der Waals surface area (Å²) in [5.41, 5.74) is 6.64. The van der Waals surface area contributed by atoms with E-state index in [9.17, 15) is 5.11 Å². The summed E-state index contributed by atoms with van der Waals surface area (Å²) in [5.74, 6) is 0. The molecule has 2 aromatic carbocycles. The van der Waals surface area contributed by atoms with Gasteiger partial charge in [-0.3, -0.25) is 0 Å². The van der Waals surface area contributed by atoms with Crippen molar-refractivity contribution in [2.45, 2.75) is 25.5 Å². The van der Waals surface area contributed by atoms with Gasteiger partial charge >= 0.3 is 0 Å². The van der Waals surface area contributed by atoms with Crippen LogP contribution in [-0.4, -0.2) is 29.5 Å². The minimum absolute atomic E-state index is 0.153. The summed E-state index contributed by atoms with van der Waals surface area (Å²) in [7, 11) is 0. The molecule has 0 radical (unpaired) electrons. The van der Waals surface area contributed by atoms with Gasteiger partial charge in [-0.15, -0.1) is 0 Å². The van der Waals surface area contributed by atoms with Gasteiger partial charge in [0, 0.05) is 12.6 Å². The van der Waals surface area contributed by atoms with E-state index in [0.717, 1.165) is 6.42 Å². The molecule has 110 valence electrons. The van der Waals surface area contributed by atoms with Crippen LogP contribution in [0.25, 0.3) is 11.1 Å². The summed E-state index contributed by atoms with van der Waals surface area (Å²) in [6.45, 7) is 2.27. The van der Waals surface area contributed by atoms with E-state index in [1.165, 1.54) is 27.8 Å². The predicted molar refractivity (Wildman–Crippen MR) is 84.2 cm³/mol. The van der Waals surface area contributed by atoms with Crippen LogP contribution in [0.5, 0.6) is 0 Å². The SMILES string of the molecule is CC(NCC(O)CO)c1ccc2c(c1)Cc1ccccc1-2. The smallest absolute Gasteiger partial charge is 0.0895 e. The molecule has 2 unspecified atom stereocenters. The minimum atomic E-state index is -0.703. The Balaban J connectivity index is 1.77. The first-order valence-electron chi connectivity index (χ1n) is 7.42. The summed E-state index contributed by atoms with van der Waals surface area (Å²) in [5, 5.41) is 21.5. The Labute approximate surface area is 125 Å². The van der Waals surface area contributed by atoms with Gasteiger partial charge in [-0.1, -0.05) is 42.5 Å². The minimum Gasteiger partial charge on any atom is -0.394 e. The zero-order valence-corrected chi connectivity index (χ0v) is 12.2. The Morgan fingerprint density at radius 2 is 1.86 bits per heavy atom. The molecule has 0 heterocycles. The van der Waals surface area contributed by atoms with E-state index in [2.05, 4.69) is 54.7 Å². The maximum absolute atomic E-state index is 9.41. The highest BCUT2D eigenvalue weighted by atomic mass is 16.3. The van der Waals surface area contributed by atoms with Gasteiger partial charge in [-0.25, -0.2) is 0 Å². The normalized spacial score (nSPS) is 15.4. The second-order valence-electron chi connectivity index (χ2n) is 5.72. The summed E-state index contributed by atoms with van der Waals surface area (Å²) in [4.78, 5) is 0. The van der Waals surface area contributed by atoms with E-state index >= 15 is 0 Å². The quantitative estimate of drug-likeness (QED) is 0.673. The van der Waals surface area contributed by atoms with Crippen molar-refractivity contribution in [2.24, 2.45) is 0 Å². The lowest BCUT2D eigenvalue weighted by molar-refractivity contribution is 0.0924. The molecule has 2 atom stereocenters. The van der Waals surface area contributed by atoms with Crippen molar-refractivity contribution in [3.8, 4) is 11.1 Å². The van der Waals surface area contributed by atoms with E-state index in [0.29, 0.717) is 6.54 Å². The number of nitrogens with one attached hydrogen (secondary N) is 1. The Morgan fingerprint density at radius 3 is 2.67 bits per heavy atom. The maximum Gasteiger partial charge on any atom is 0.0895 e. The third kappa shape index (κ3) is 2.86. The molecule has 3 heteroatoms. The van der Waals surface area contributed by atoms with Gasteiger partial charge in [0.05, 0.1) is 12.7 Å². The molecule has 3 N–H and O–H groups in total. The molecule has 0 amide bonds. The molecule has 0 spiro atoms. The second kappa shape index (κ2) is 5.98.